The molecule has 0 bridgehead atoms. The Morgan fingerprint density at radius 2 is 2.14 bits per heavy atom. The molecule has 5 heteroatoms. The molecule has 0 aliphatic carbocycles. The van der Waals surface area contributed by atoms with Crippen molar-refractivity contribution in [3.8, 4) is 0 Å². The lowest BCUT2D eigenvalue weighted by Crippen LogP contribution is -2.46. The third-order valence-corrected chi connectivity index (χ3v) is 3.86. The third kappa shape index (κ3) is 2.39. The van der Waals surface area contributed by atoms with E-state index in [4.69, 9.17) is 4.74 Å². The van der Waals surface area contributed by atoms with Crippen molar-refractivity contribution in [2.75, 3.05) is 13.2 Å². The quantitative estimate of drug-likeness (QED) is 0.868. The van der Waals surface area contributed by atoms with Crippen molar-refractivity contribution in [2.24, 2.45) is 0 Å². The number of nitrogens with zero attached hydrogens (tertiary/aromatic N) is 1. The van der Waals surface area contributed by atoms with Crippen LogP contribution in [0.1, 0.15) is 31.4 Å². The van der Waals surface area contributed by atoms with Gasteiger partial charge in [0.25, 0.3) is 0 Å². The summed E-state index contributed by atoms with van der Waals surface area (Å²) in [6.07, 6.45) is 1.62. The molecule has 1 fully saturated rings. The number of hydrogen-bond donors (Lipinski definition) is 1. The Labute approximate surface area is 123 Å². The van der Waals surface area contributed by atoms with Crippen molar-refractivity contribution >= 4 is 12.0 Å². The highest BCUT2D eigenvalue weighted by atomic mass is 16.5. The fourth-order valence-corrected chi connectivity index (χ4v) is 2.96. The van der Waals surface area contributed by atoms with Gasteiger partial charge in [0.1, 0.15) is 0 Å². The Morgan fingerprint density at radius 1 is 1.38 bits per heavy atom. The first kappa shape index (κ1) is 13.7. The van der Waals surface area contributed by atoms with Gasteiger partial charge in [-0.15, -0.1) is 0 Å². The predicted octanol–water partition coefficient (Wildman–Crippen LogP) is 2.36. The number of amides is 2. The molecule has 1 aromatic carbocycles. The maximum absolute atomic E-state index is 12.4. The van der Waals surface area contributed by atoms with Gasteiger partial charge in [0.2, 0.25) is 0 Å². The highest BCUT2D eigenvalue weighted by Gasteiger charge is 2.39. The molecule has 1 unspecified atom stereocenters. The number of allylic oxidation sites excluding steroid dienone is 1. The van der Waals surface area contributed by atoms with Crippen LogP contribution < -0.4 is 5.32 Å². The number of urea groups is 1. The monoisotopic (exact) mass is 286 g/mol. The van der Waals surface area contributed by atoms with Gasteiger partial charge in [-0.3, -0.25) is 4.90 Å². The van der Waals surface area contributed by atoms with Crippen LogP contribution in [0.15, 0.2) is 41.6 Å². The van der Waals surface area contributed by atoms with E-state index >= 15 is 0 Å². The average molecular weight is 286 g/mol. The van der Waals surface area contributed by atoms with Gasteiger partial charge >= 0.3 is 12.0 Å². The summed E-state index contributed by atoms with van der Waals surface area (Å²) < 4.78 is 5.20. The molecule has 2 heterocycles. The summed E-state index contributed by atoms with van der Waals surface area (Å²) in [5.74, 6) is -0.340. The van der Waals surface area contributed by atoms with Crippen molar-refractivity contribution in [3.63, 3.8) is 0 Å². The summed E-state index contributed by atoms with van der Waals surface area (Å²) in [5.41, 5.74) is 2.28. The smallest absolute Gasteiger partial charge is 0.338 e. The molecule has 0 aromatic heterocycles. The number of hydrogen-bond acceptors (Lipinski definition) is 3. The number of rotatable bonds is 3. The van der Waals surface area contributed by atoms with Gasteiger partial charge in [-0.25, -0.2) is 9.59 Å². The van der Waals surface area contributed by atoms with Gasteiger partial charge in [-0.05, 0) is 25.3 Å². The molecule has 3 rings (SSSR count). The van der Waals surface area contributed by atoms with Crippen LogP contribution in [0.5, 0.6) is 0 Å². The summed E-state index contributed by atoms with van der Waals surface area (Å²) in [7, 11) is 0. The fourth-order valence-electron chi connectivity index (χ4n) is 2.96. The fraction of sp³-hybridized carbons (Fsp3) is 0.375. The first-order valence-electron chi connectivity index (χ1n) is 7.25. The van der Waals surface area contributed by atoms with Crippen LogP contribution in [0.4, 0.5) is 4.79 Å². The van der Waals surface area contributed by atoms with E-state index in [1.165, 1.54) is 0 Å². The summed E-state index contributed by atoms with van der Waals surface area (Å²) in [5, 5.41) is 2.92. The third-order valence-electron chi connectivity index (χ3n) is 3.86. The lowest BCUT2D eigenvalue weighted by Gasteiger charge is -2.33. The molecule has 110 valence electrons. The molecule has 2 amide bonds. The molecule has 1 atom stereocenters. The second-order valence-corrected chi connectivity index (χ2v) is 5.13. The largest absolute Gasteiger partial charge is 0.463 e. The van der Waals surface area contributed by atoms with Gasteiger partial charge < -0.3 is 10.1 Å². The zero-order valence-corrected chi connectivity index (χ0v) is 12.0. The molecule has 0 radical (unpaired) electrons. The number of benzene rings is 1. The zero-order valence-electron chi connectivity index (χ0n) is 12.0. The van der Waals surface area contributed by atoms with E-state index < -0.39 is 6.04 Å². The van der Waals surface area contributed by atoms with Crippen LogP contribution >= 0.6 is 0 Å². The topological polar surface area (TPSA) is 58.6 Å². The number of ether oxygens (including phenoxy) is 1. The van der Waals surface area contributed by atoms with Crippen molar-refractivity contribution in [1.29, 1.82) is 0 Å². The highest BCUT2D eigenvalue weighted by molar-refractivity contribution is 5.95. The molecule has 2 aliphatic rings. The van der Waals surface area contributed by atoms with E-state index in [9.17, 15) is 9.59 Å². The number of carbonyl (C=O) groups excluding carboxylic acids is 2. The molecule has 2 aliphatic heterocycles. The summed E-state index contributed by atoms with van der Waals surface area (Å²) in [6, 6.07) is 8.97. The lowest BCUT2D eigenvalue weighted by atomic mass is 9.94. The minimum absolute atomic E-state index is 0.135. The SMILES string of the molecule is CCOC(=O)C1=C2CCCN2C(=O)NC1c1ccccc1. The normalized spacial score (nSPS) is 21.1. The van der Waals surface area contributed by atoms with Crippen molar-refractivity contribution in [3.05, 3.63) is 47.2 Å². The van der Waals surface area contributed by atoms with Crippen LogP contribution in [0.2, 0.25) is 0 Å². The molecule has 0 spiro atoms. The number of nitrogens with one attached hydrogen (secondary N) is 1. The van der Waals surface area contributed by atoms with Crippen molar-refractivity contribution in [1.82, 2.24) is 10.2 Å². The standard InChI is InChI=1S/C16H18N2O3/c1-2-21-15(19)13-12-9-6-10-18(12)16(20)17-14(13)11-7-4-3-5-8-11/h3-5,7-8,14H,2,6,9-10H2,1H3,(H,17,20). The molecule has 1 N–H and O–H groups in total. The summed E-state index contributed by atoms with van der Waals surface area (Å²) >= 11 is 0. The summed E-state index contributed by atoms with van der Waals surface area (Å²) in [4.78, 5) is 26.2. The average Bonchev–Trinajstić information content (AvgIpc) is 2.98. The second kappa shape index (κ2) is 5.60. The maximum Gasteiger partial charge on any atom is 0.338 e. The van der Waals surface area contributed by atoms with E-state index in [0.717, 1.165) is 24.1 Å². The first-order valence-corrected chi connectivity index (χ1v) is 7.25. The molecular weight excluding hydrogens is 268 g/mol. The van der Waals surface area contributed by atoms with E-state index in [-0.39, 0.29) is 12.0 Å². The van der Waals surface area contributed by atoms with Gasteiger partial charge in [-0.1, -0.05) is 30.3 Å². The number of fused-ring (bicyclic) bond motifs is 1. The van der Waals surface area contributed by atoms with Crippen molar-refractivity contribution in [2.45, 2.75) is 25.8 Å². The minimum Gasteiger partial charge on any atom is -0.463 e. The van der Waals surface area contributed by atoms with Gasteiger partial charge in [0, 0.05) is 12.2 Å². The van der Waals surface area contributed by atoms with Crippen LogP contribution in [-0.2, 0) is 9.53 Å². The first-order chi connectivity index (χ1) is 10.2. The van der Waals surface area contributed by atoms with Crippen LogP contribution in [0.3, 0.4) is 0 Å². The predicted molar refractivity (Wildman–Crippen MR) is 77.3 cm³/mol. The van der Waals surface area contributed by atoms with E-state index in [1.807, 2.05) is 30.3 Å². The van der Waals surface area contributed by atoms with Crippen LogP contribution in [0.25, 0.3) is 0 Å². The van der Waals surface area contributed by atoms with Gasteiger partial charge in [0.15, 0.2) is 0 Å². The molecule has 21 heavy (non-hydrogen) atoms. The Bertz CT molecular complexity index is 595. The molecule has 1 saturated heterocycles. The van der Waals surface area contributed by atoms with Crippen molar-refractivity contribution < 1.29 is 14.3 Å². The van der Waals surface area contributed by atoms with E-state index in [2.05, 4.69) is 5.32 Å². The van der Waals surface area contributed by atoms with Crippen LogP contribution in [0, 0.1) is 0 Å². The Kier molecular flexibility index (Phi) is 3.64. The molecular formula is C16H18N2O3. The zero-order chi connectivity index (χ0) is 14.8. The molecule has 1 aromatic rings. The van der Waals surface area contributed by atoms with Gasteiger partial charge in [-0.2, -0.15) is 0 Å². The van der Waals surface area contributed by atoms with E-state index in [0.29, 0.717) is 18.7 Å². The molecule has 0 saturated carbocycles. The second-order valence-electron chi connectivity index (χ2n) is 5.13. The lowest BCUT2D eigenvalue weighted by molar-refractivity contribution is -0.139. The maximum atomic E-state index is 12.4. The highest BCUT2D eigenvalue weighted by Crippen LogP contribution is 2.36. The van der Waals surface area contributed by atoms with Gasteiger partial charge in [0.05, 0.1) is 18.2 Å². The Morgan fingerprint density at radius 3 is 2.86 bits per heavy atom. The Hall–Kier alpha value is -2.30. The number of carbonyl (C=O) groups is 2. The Balaban J connectivity index is 2.07. The number of esters is 1. The van der Waals surface area contributed by atoms with E-state index in [1.54, 1.807) is 11.8 Å². The minimum atomic E-state index is -0.429. The summed E-state index contributed by atoms with van der Waals surface area (Å²) in [6.45, 7) is 2.77. The molecule has 5 nitrogen and oxygen atoms in total. The van der Waals surface area contributed by atoms with Crippen LogP contribution in [-0.4, -0.2) is 30.1 Å².